The first-order chi connectivity index (χ1) is 7.11. The van der Waals surface area contributed by atoms with Crippen molar-refractivity contribution in [2.75, 3.05) is 11.6 Å². The van der Waals surface area contributed by atoms with E-state index in [-0.39, 0.29) is 6.42 Å². The highest BCUT2D eigenvalue weighted by Gasteiger charge is 2.01. The zero-order chi connectivity index (χ0) is 11.3. The lowest BCUT2D eigenvalue weighted by Gasteiger charge is -2.06. The van der Waals surface area contributed by atoms with E-state index in [2.05, 4.69) is 5.32 Å². The molecule has 0 spiro atoms. The summed E-state index contributed by atoms with van der Waals surface area (Å²) in [6, 6.07) is 7.80. The van der Waals surface area contributed by atoms with Crippen LogP contribution in [-0.2, 0) is 4.79 Å². The van der Waals surface area contributed by atoms with E-state index in [1.54, 1.807) is 11.8 Å². The number of nitrogens with two attached hydrogens (primary N) is 1. The molecule has 0 fully saturated rings. The third-order valence-corrected chi connectivity index (χ3v) is 2.70. The summed E-state index contributed by atoms with van der Waals surface area (Å²) in [5, 5.41) is 2.95. The fourth-order valence-corrected chi connectivity index (χ4v) is 1.71. The predicted octanol–water partition coefficient (Wildman–Crippen LogP) is 2.02. The van der Waals surface area contributed by atoms with Crippen LogP contribution in [0.2, 0.25) is 0 Å². The van der Waals surface area contributed by atoms with Crippen LogP contribution in [0.25, 0.3) is 0 Å². The Morgan fingerprint density at radius 3 is 2.53 bits per heavy atom. The number of carbonyl (C=O) groups excluding carboxylic acids is 1. The van der Waals surface area contributed by atoms with Crippen LogP contribution in [0.15, 0.2) is 29.2 Å². The minimum absolute atomic E-state index is 0.0829. The van der Waals surface area contributed by atoms with E-state index in [1.165, 1.54) is 4.90 Å². The summed E-state index contributed by atoms with van der Waals surface area (Å²) < 4.78 is 0. The Morgan fingerprint density at radius 1 is 1.47 bits per heavy atom. The molecular formula is C10H12N2OS2. The second-order valence-corrected chi connectivity index (χ2v) is 4.29. The van der Waals surface area contributed by atoms with Crippen LogP contribution < -0.4 is 11.1 Å². The van der Waals surface area contributed by atoms with Gasteiger partial charge in [0.15, 0.2) is 0 Å². The lowest BCUT2D eigenvalue weighted by atomic mass is 10.3. The summed E-state index contributed by atoms with van der Waals surface area (Å²) in [5.74, 6) is -0.423. The minimum Gasteiger partial charge on any atom is -0.369 e. The standard InChI is InChI=1S/C10H12N2OS2/c1-15-8-4-2-7(3-5-8)12-10(14)6-9(11)13/h2-5H,6H2,1H3,(H2,11,13)(H,12,14). The quantitative estimate of drug-likeness (QED) is 0.624. The Labute approximate surface area is 98.4 Å². The van der Waals surface area contributed by atoms with Crippen molar-refractivity contribution >= 4 is 40.6 Å². The van der Waals surface area contributed by atoms with Gasteiger partial charge in [0, 0.05) is 10.6 Å². The molecule has 80 valence electrons. The van der Waals surface area contributed by atoms with Crippen molar-refractivity contribution in [3.8, 4) is 0 Å². The third-order valence-electron chi connectivity index (χ3n) is 1.71. The monoisotopic (exact) mass is 240 g/mol. The highest BCUT2D eigenvalue weighted by molar-refractivity contribution is 7.98. The van der Waals surface area contributed by atoms with Gasteiger partial charge < -0.3 is 11.1 Å². The number of amides is 1. The van der Waals surface area contributed by atoms with Crippen molar-refractivity contribution in [1.82, 2.24) is 0 Å². The SMILES string of the molecule is CSc1ccc(NC(=S)CC(N)=O)cc1. The molecule has 0 radical (unpaired) electrons. The van der Waals surface area contributed by atoms with E-state index < -0.39 is 5.91 Å². The van der Waals surface area contributed by atoms with Gasteiger partial charge in [-0.15, -0.1) is 11.8 Å². The summed E-state index contributed by atoms with van der Waals surface area (Å²) in [6.45, 7) is 0. The van der Waals surface area contributed by atoms with E-state index in [1.807, 2.05) is 30.5 Å². The van der Waals surface area contributed by atoms with E-state index in [4.69, 9.17) is 18.0 Å². The summed E-state index contributed by atoms with van der Waals surface area (Å²) >= 11 is 6.63. The molecule has 0 aliphatic carbocycles. The van der Waals surface area contributed by atoms with Gasteiger partial charge in [-0.1, -0.05) is 12.2 Å². The molecule has 0 aliphatic heterocycles. The number of rotatable bonds is 4. The molecule has 0 saturated heterocycles. The maximum absolute atomic E-state index is 10.6. The van der Waals surface area contributed by atoms with Gasteiger partial charge in [-0.3, -0.25) is 4.79 Å². The van der Waals surface area contributed by atoms with Crippen molar-refractivity contribution < 1.29 is 4.79 Å². The van der Waals surface area contributed by atoms with Crippen molar-refractivity contribution in [1.29, 1.82) is 0 Å². The number of benzene rings is 1. The number of hydrogen-bond acceptors (Lipinski definition) is 3. The largest absolute Gasteiger partial charge is 0.369 e. The predicted molar refractivity (Wildman–Crippen MR) is 68.3 cm³/mol. The average molecular weight is 240 g/mol. The van der Waals surface area contributed by atoms with E-state index in [0.717, 1.165) is 5.69 Å². The van der Waals surface area contributed by atoms with Crippen LogP contribution in [0, 0.1) is 0 Å². The van der Waals surface area contributed by atoms with Gasteiger partial charge >= 0.3 is 0 Å². The molecule has 1 aromatic carbocycles. The Bertz CT molecular complexity index is 362. The molecule has 0 atom stereocenters. The van der Waals surface area contributed by atoms with Crippen LogP contribution in [0.1, 0.15) is 6.42 Å². The maximum atomic E-state index is 10.6. The Morgan fingerprint density at radius 2 is 2.07 bits per heavy atom. The molecule has 0 aliphatic rings. The number of carbonyl (C=O) groups is 1. The summed E-state index contributed by atoms with van der Waals surface area (Å²) in [7, 11) is 0. The lowest BCUT2D eigenvalue weighted by Crippen LogP contribution is -2.19. The molecule has 0 saturated carbocycles. The van der Waals surface area contributed by atoms with Gasteiger partial charge in [0.05, 0.1) is 11.4 Å². The molecule has 15 heavy (non-hydrogen) atoms. The maximum Gasteiger partial charge on any atom is 0.224 e. The zero-order valence-corrected chi connectivity index (χ0v) is 9.95. The molecule has 0 aromatic heterocycles. The lowest BCUT2D eigenvalue weighted by molar-refractivity contribution is -0.116. The number of thioether (sulfide) groups is 1. The molecule has 5 heteroatoms. The van der Waals surface area contributed by atoms with Gasteiger partial charge in [-0.25, -0.2) is 0 Å². The molecule has 3 N–H and O–H groups in total. The summed E-state index contributed by atoms with van der Waals surface area (Å²) in [6.07, 6.45) is 2.10. The Hall–Kier alpha value is -1.07. The fraction of sp³-hybridized carbons (Fsp3) is 0.200. The second-order valence-electron chi connectivity index (χ2n) is 2.92. The van der Waals surface area contributed by atoms with Gasteiger partial charge in [0.25, 0.3) is 0 Å². The Balaban J connectivity index is 2.57. The topological polar surface area (TPSA) is 55.1 Å². The highest BCUT2D eigenvalue weighted by atomic mass is 32.2. The molecule has 3 nitrogen and oxygen atoms in total. The molecule has 1 rings (SSSR count). The summed E-state index contributed by atoms with van der Waals surface area (Å²) in [5.41, 5.74) is 5.90. The van der Waals surface area contributed by atoms with Gasteiger partial charge in [-0.2, -0.15) is 0 Å². The first kappa shape index (κ1) is 12.0. The first-order valence-corrected chi connectivity index (χ1v) is 5.97. The van der Waals surface area contributed by atoms with Crippen molar-refractivity contribution in [2.24, 2.45) is 5.73 Å². The van der Waals surface area contributed by atoms with Gasteiger partial charge in [-0.05, 0) is 30.5 Å². The smallest absolute Gasteiger partial charge is 0.224 e. The minimum atomic E-state index is -0.423. The van der Waals surface area contributed by atoms with Crippen LogP contribution in [0.4, 0.5) is 5.69 Å². The molecule has 1 amide bonds. The van der Waals surface area contributed by atoms with Crippen molar-refractivity contribution in [3.63, 3.8) is 0 Å². The normalized spacial score (nSPS) is 9.67. The van der Waals surface area contributed by atoms with Crippen LogP contribution in [0.5, 0.6) is 0 Å². The first-order valence-electron chi connectivity index (χ1n) is 4.34. The molecule has 0 bridgehead atoms. The number of thiocarbonyl (C=S) groups is 1. The second kappa shape index (κ2) is 5.72. The van der Waals surface area contributed by atoms with Crippen molar-refractivity contribution in [2.45, 2.75) is 11.3 Å². The zero-order valence-electron chi connectivity index (χ0n) is 8.32. The van der Waals surface area contributed by atoms with Gasteiger partial charge in [0.1, 0.15) is 0 Å². The van der Waals surface area contributed by atoms with Gasteiger partial charge in [0.2, 0.25) is 5.91 Å². The number of hydrogen-bond donors (Lipinski definition) is 2. The van der Waals surface area contributed by atoms with Crippen LogP contribution in [-0.4, -0.2) is 17.2 Å². The Kier molecular flexibility index (Phi) is 4.58. The van der Waals surface area contributed by atoms with Crippen LogP contribution >= 0.6 is 24.0 Å². The number of primary amides is 1. The van der Waals surface area contributed by atoms with E-state index >= 15 is 0 Å². The highest BCUT2D eigenvalue weighted by Crippen LogP contribution is 2.17. The van der Waals surface area contributed by atoms with Crippen LogP contribution in [0.3, 0.4) is 0 Å². The molecular weight excluding hydrogens is 228 g/mol. The molecule has 0 unspecified atom stereocenters. The van der Waals surface area contributed by atoms with E-state index in [9.17, 15) is 4.79 Å². The van der Waals surface area contributed by atoms with Crippen molar-refractivity contribution in [3.05, 3.63) is 24.3 Å². The molecule has 0 heterocycles. The fourth-order valence-electron chi connectivity index (χ4n) is 1.04. The molecule has 1 aromatic rings. The third kappa shape index (κ3) is 4.31. The number of nitrogens with one attached hydrogen (secondary N) is 1. The number of anilines is 1. The average Bonchev–Trinajstić information content (AvgIpc) is 2.17. The summed E-state index contributed by atoms with van der Waals surface area (Å²) in [4.78, 5) is 12.2. The van der Waals surface area contributed by atoms with E-state index in [0.29, 0.717) is 4.99 Å².